The van der Waals surface area contributed by atoms with Gasteiger partial charge in [-0.3, -0.25) is 0 Å². The first-order valence-electron chi connectivity index (χ1n) is 6.10. The average Bonchev–Trinajstić information content (AvgIpc) is 2.75. The van der Waals surface area contributed by atoms with Crippen molar-refractivity contribution in [1.82, 2.24) is 0 Å². The maximum atomic E-state index is 6.23. The summed E-state index contributed by atoms with van der Waals surface area (Å²) in [7, 11) is 0. The predicted molar refractivity (Wildman–Crippen MR) is 69.9 cm³/mol. The molecular weight excluding hydrogens is 210 g/mol. The zero-order chi connectivity index (χ0) is 12.3. The van der Waals surface area contributed by atoms with Crippen molar-refractivity contribution in [3.8, 4) is 0 Å². The van der Waals surface area contributed by atoms with Crippen LogP contribution in [0.2, 0.25) is 0 Å². The summed E-state index contributed by atoms with van der Waals surface area (Å²) in [6.45, 7) is 4.21. The average molecular weight is 229 g/mol. The second kappa shape index (κ2) is 5.19. The van der Waals surface area contributed by atoms with Gasteiger partial charge in [0.25, 0.3) is 0 Å². The molecule has 1 atom stereocenters. The summed E-state index contributed by atoms with van der Waals surface area (Å²) in [4.78, 5) is 0. The van der Waals surface area contributed by atoms with Crippen LogP contribution >= 0.6 is 0 Å². The molecule has 2 N–H and O–H groups in total. The van der Waals surface area contributed by atoms with Crippen molar-refractivity contribution < 1.29 is 4.42 Å². The number of rotatable bonds is 4. The summed E-state index contributed by atoms with van der Waals surface area (Å²) in [5, 5.41) is 0. The Bertz CT molecular complexity index is 487. The van der Waals surface area contributed by atoms with E-state index in [1.807, 2.05) is 13.0 Å². The van der Waals surface area contributed by atoms with Crippen LogP contribution in [0.3, 0.4) is 0 Å². The molecule has 1 unspecified atom stereocenters. The molecule has 0 spiro atoms. The molecule has 17 heavy (non-hydrogen) atoms. The molecule has 0 saturated carbocycles. The minimum absolute atomic E-state index is 0.165. The van der Waals surface area contributed by atoms with Crippen molar-refractivity contribution in [1.29, 1.82) is 0 Å². The van der Waals surface area contributed by atoms with Gasteiger partial charge >= 0.3 is 0 Å². The van der Waals surface area contributed by atoms with E-state index in [4.69, 9.17) is 10.2 Å². The molecule has 1 aromatic heterocycles. The Balaban J connectivity index is 2.28. The Morgan fingerprint density at radius 3 is 2.76 bits per heavy atom. The van der Waals surface area contributed by atoms with Gasteiger partial charge in [0.2, 0.25) is 0 Å². The van der Waals surface area contributed by atoms with E-state index in [1.54, 1.807) is 6.26 Å². The van der Waals surface area contributed by atoms with Crippen LogP contribution in [0.5, 0.6) is 0 Å². The fraction of sp³-hybridized carbons (Fsp3) is 0.333. The van der Waals surface area contributed by atoms with Crippen LogP contribution in [0.4, 0.5) is 0 Å². The minimum atomic E-state index is -0.165. The summed E-state index contributed by atoms with van der Waals surface area (Å²) < 4.78 is 5.46. The third-order valence-electron chi connectivity index (χ3n) is 3.03. The Labute approximate surface area is 102 Å². The second-order valence-electron chi connectivity index (χ2n) is 4.44. The highest BCUT2D eigenvalue weighted by Crippen LogP contribution is 2.24. The molecule has 2 aromatic rings. The van der Waals surface area contributed by atoms with Crippen molar-refractivity contribution in [3.63, 3.8) is 0 Å². The molecule has 0 radical (unpaired) electrons. The van der Waals surface area contributed by atoms with Gasteiger partial charge in [-0.25, -0.2) is 0 Å². The topological polar surface area (TPSA) is 39.2 Å². The molecule has 0 aliphatic carbocycles. The minimum Gasteiger partial charge on any atom is -0.467 e. The standard InChI is InChI=1S/C15H19NO/c1-3-5-12-6-4-7-13(10-12)14(16)15-11(2)8-9-17-15/h4,6-10,14H,3,5,16H2,1-2H3. The third kappa shape index (κ3) is 2.59. The maximum absolute atomic E-state index is 6.23. The van der Waals surface area contributed by atoms with Gasteiger partial charge < -0.3 is 10.2 Å². The smallest absolute Gasteiger partial charge is 0.127 e. The van der Waals surface area contributed by atoms with Gasteiger partial charge in [0.05, 0.1) is 12.3 Å². The Kier molecular flexibility index (Phi) is 3.64. The zero-order valence-electron chi connectivity index (χ0n) is 10.4. The SMILES string of the molecule is CCCc1cccc(C(N)c2occc2C)c1. The number of benzene rings is 1. The highest BCUT2D eigenvalue weighted by Gasteiger charge is 2.14. The molecule has 0 bridgehead atoms. The summed E-state index contributed by atoms with van der Waals surface area (Å²) in [5.74, 6) is 0.860. The van der Waals surface area contributed by atoms with Crippen molar-refractivity contribution in [2.75, 3.05) is 0 Å². The van der Waals surface area contributed by atoms with Gasteiger partial charge in [-0.05, 0) is 36.1 Å². The van der Waals surface area contributed by atoms with E-state index < -0.39 is 0 Å². The number of hydrogen-bond acceptors (Lipinski definition) is 2. The molecule has 1 aromatic carbocycles. The van der Waals surface area contributed by atoms with E-state index in [0.29, 0.717) is 0 Å². The summed E-state index contributed by atoms with van der Waals surface area (Å²) >= 11 is 0. The van der Waals surface area contributed by atoms with Crippen LogP contribution < -0.4 is 5.73 Å². The van der Waals surface area contributed by atoms with Crippen LogP contribution in [0, 0.1) is 6.92 Å². The first-order valence-corrected chi connectivity index (χ1v) is 6.10. The molecule has 90 valence electrons. The molecular formula is C15H19NO. The number of hydrogen-bond donors (Lipinski definition) is 1. The van der Waals surface area contributed by atoms with Crippen LogP contribution in [-0.4, -0.2) is 0 Å². The lowest BCUT2D eigenvalue weighted by molar-refractivity contribution is 0.486. The summed E-state index contributed by atoms with van der Waals surface area (Å²) in [6, 6.07) is 10.2. The molecule has 2 rings (SSSR count). The molecule has 0 aliphatic heterocycles. The van der Waals surface area contributed by atoms with Crippen molar-refractivity contribution in [3.05, 3.63) is 59.0 Å². The Morgan fingerprint density at radius 1 is 1.29 bits per heavy atom. The van der Waals surface area contributed by atoms with Crippen LogP contribution in [-0.2, 0) is 6.42 Å². The van der Waals surface area contributed by atoms with Crippen molar-refractivity contribution in [2.45, 2.75) is 32.7 Å². The van der Waals surface area contributed by atoms with Gasteiger partial charge in [0.1, 0.15) is 5.76 Å². The molecule has 0 fully saturated rings. The number of aryl methyl sites for hydroxylation is 2. The molecule has 2 nitrogen and oxygen atoms in total. The normalized spacial score (nSPS) is 12.6. The van der Waals surface area contributed by atoms with Crippen LogP contribution in [0.25, 0.3) is 0 Å². The fourth-order valence-corrected chi connectivity index (χ4v) is 2.09. The van der Waals surface area contributed by atoms with Gasteiger partial charge in [-0.15, -0.1) is 0 Å². The lowest BCUT2D eigenvalue weighted by Crippen LogP contribution is -2.12. The molecule has 0 amide bonds. The van der Waals surface area contributed by atoms with Crippen molar-refractivity contribution >= 4 is 0 Å². The lowest BCUT2D eigenvalue weighted by atomic mass is 9.99. The van der Waals surface area contributed by atoms with E-state index in [0.717, 1.165) is 29.7 Å². The van der Waals surface area contributed by atoms with Crippen LogP contribution in [0.1, 0.15) is 41.8 Å². The van der Waals surface area contributed by atoms with Gasteiger partial charge in [0, 0.05) is 0 Å². The van der Waals surface area contributed by atoms with E-state index in [9.17, 15) is 0 Å². The van der Waals surface area contributed by atoms with Gasteiger partial charge in [-0.1, -0.05) is 37.6 Å². The molecule has 0 aliphatic rings. The monoisotopic (exact) mass is 229 g/mol. The zero-order valence-corrected chi connectivity index (χ0v) is 10.4. The van der Waals surface area contributed by atoms with E-state index in [-0.39, 0.29) is 6.04 Å². The summed E-state index contributed by atoms with van der Waals surface area (Å²) in [6.07, 6.45) is 3.94. The Morgan fingerprint density at radius 2 is 2.12 bits per heavy atom. The Hall–Kier alpha value is -1.54. The third-order valence-corrected chi connectivity index (χ3v) is 3.03. The molecule has 1 heterocycles. The van der Waals surface area contributed by atoms with E-state index in [2.05, 4.69) is 31.2 Å². The van der Waals surface area contributed by atoms with Crippen LogP contribution in [0.15, 0.2) is 41.0 Å². The highest BCUT2D eigenvalue weighted by atomic mass is 16.3. The predicted octanol–water partition coefficient (Wildman–Crippen LogP) is 3.59. The molecule has 2 heteroatoms. The summed E-state index contributed by atoms with van der Waals surface area (Å²) in [5.41, 5.74) is 9.80. The lowest BCUT2D eigenvalue weighted by Gasteiger charge is -2.12. The second-order valence-corrected chi connectivity index (χ2v) is 4.44. The number of nitrogens with two attached hydrogens (primary N) is 1. The van der Waals surface area contributed by atoms with Gasteiger partial charge in [-0.2, -0.15) is 0 Å². The van der Waals surface area contributed by atoms with E-state index >= 15 is 0 Å². The largest absolute Gasteiger partial charge is 0.467 e. The van der Waals surface area contributed by atoms with Gasteiger partial charge in [0.15, 0.2) is 0 Å². The first-order chi connectivity index (χ1) is 8.22. The van der Waals surface area contributed by atoms with Crippen molar-refractivity contribution in [2.24, 2.45) is 5.73 Å². The first kappa shape index (κ1) is 11.9. The highest BCUT2D eigenvalue weighted by molar-refractivity contribution is 5.33. The maximum Gasteiger partial charge on any atom is 0.127 e. The number of furan rings is 1. The fourth-order valence-electron chi connectivity index (χ4n) is 2.09. The van der Waals surface area contributed by atoms with E-state index in [1.165, 1.54) is 5.56 Å². The molecule has 0 saturated heterocycles. The quantitative estimate of drug-likeness (QED) is 0.870.